The number of ether oxygens (including phenoxy) is 2. The fourth-order valence-electron chi connectivity index (χ4n) is 2.78. The van der Waals surface area contributed by atoms with Crippen LogP contribution in [0, 0.1) is 19.3 Å². The van der Waals surface area contributed by atoms with Crippen LogP contribution in [-0.2, 0) is 14.8 Å². The van der Waals surface area contributed by atoms with Gasteiger partial charge in [0.05, 0.1) is 23.9 Å². The van der Waals surface area contributed by atoms with E-state index in [9.17, 15) is 13.2 Å². The van der Waals surface area contributed by atoms with Crippen molar-refractivity contribution in [2.45, 2.75) is 32.6 Å². The molecule has 1 amide bonds. The molecule has 2 N–H and O–H groups in total. The number of benzene rings is 2. The Labute approximate surface area is 165 Å². The average molecular weight is 404 g/mol. The monoisotopic (exact) mass is 404 g/mol. The van der Waals surface area contributed by atoms with E-state index in [1.807, 2.05) is 13.8 Å². The molecule has 0 radical (unpaired) electrons. The molecule has 1 heterocycles. The van der Waals surface area contributed by atoms with Crippen molar-refractivity contribution < 1.29 is 22.7 Å². The smallest absolute Gasteiger partial charge is 0.265 e. The molecule has 0 unspecified atom stereocenters. The second-order valence-corrected chi connectivity index (χ2v) is 9.18. The van der Waals surface area contributed by atoms with Crippen LogP contribution in [0.15, 0.2) is 35.2 Å². The van der Waals surface area contributed by atoms with E-state index in [2.05, 4.69) is 10.0 Å². The highest BCUT2D eigenvalue weighted by molar-refractivity contribution is 7.92. The van der Waals surface area contributed by atoms with Crippen LogP contribution in [-0.4, -0.2) is 28.0 Å². The third-order valence-electron chi connectivity index (χ3n) is 4.75. The summed E-state index contributed by atoms with van der Waals surface area (Å²) in [4.78, 5) is 12.4. The second-order valence-electron chi connectivity index (χ2n) is 7.53. The van der Waals surface area contributed by atoms with Crippen LogP contribution in [0.5, 0.6) is 11.5 Å². The summed E-state index contributed by atoms with van der Waals surface area (Å²) in [6, 6.07) is 8.03. The Bertz CT molecular complexity index is 1040. The number of anilines is 2. The molecule has 0 aliphatic carbocycles. The molecule has 0 saturated carbocycles. The number of aryl methyl sites for hydroxylation is 2. The lowest BCUT2D eigenvalue weighted by Gasteiger charge is -2.18. The van der Waals surface area contributed by atoms with Crippen LogP contribution in [0.1, 0.15) is 25.0 Å². The van der Waals surface area contributed by atoms with Gasteiger partial charge in [-0.2, -0.15) is 0 Å². The summed E-state index contributed by atoms with van der Waals surface area (Å²) in [5.41, 5.74) is 1.81. The number of nitrogens with one attached hydrogen (secondary N) is 2. The van der Waals surface area contributed by atoms with E-state index >= 15 is 0 Å². The van der Waals surface area contributed by atoms with Gasteiger partial charge in [0, 0.05) is 0 Å². The van der Waals surface area contributed by atoms with Crippen molar-refractivity contribution in [2.75, 3.05) is 23.8 Å². The fourth-order valence-corrected chi connectivity index (χ4v) is 4.06. The minimum atomic E-state index is -3.90. The largest absolute Gasteiger partial charge is 0.495 e. The van der Waals surface area contributed by atoms with Gasteiger partial charge in [0.25, 0.3) is 10.0 Å². The number of hydrogen-bond acceptors (Lipinski definition) is 5. The number of rotatable bonds is 4. The molecule has 0 aromatic heterocycles. The SMILES string of the molecule is COc1cc(C)c(C)cc1S(=O)(=O)Nc1ccc2c(c1)NC(=O)C(C)(C)CO2. The van der Waals surface area contributed by atoms with Crippen LogP contribution in [0.2, 0.25) is 0 Å². The van der Waals surface area contributed by atoms with Crippen molar-refractivity contribution in [1.29, 1.82) is 0 Å². The first kappa shape index (κ1) is 20.0. The topological polar surface area (TPSA) is 93.7 Å². The Morgan fingerprint density at radius 1 is 1.14 bits per heavy atom. The second kappa shape index (κ2) is 7.01. The van der Waals surface area contributed by atoms with E-state index in [0.717, 1.165) is 11.1 Å². The van der Waals surface area contributed by atoms with Crippen molar-refractivity contribution >= 4 is 27.3 Å². The van der Waals surface area contributed by atoms with Crippen LogP contribution in [0.3, 0.4) is 0 Å². The Morgan fingerprint density at radius 2 is 1.82 bits per heavy atom. The summed E-state index contributed by atoms with van der Waals surface area (Å²) in [6.07, 6.45) is 0. The zero-order valence-corrected chi connectivity index (χ0v) is 17.4. The summed E-state index contributed by atoms with van der Waals surface area (Å²) in [7, 11) is -2.47. The average Bonchev–Trinajstić information content (AvgIpc) is 2.72. The molecular weight excluding hydrogens is 380 g/mol. The van der Waals surface area contributed by atoms with Crippen molar-refractivity contribution in [3.63, 3.8) is 0 Å². The van der Waals surface area contributed by atoms with Crippen LogP contribution >= 0.6 is 0 Å². The summed E-state index contributed by atoms with van der Waals surface area (Å²) in [6.45, 7) is 7.52. The van der Waals surface area contributed by atoms with Crippen molar-refractivity contribution in [2.24, 2.45) is 5.41 Å². The minimum Gasteiger partial charge on any atom is -0.495 e. The van der Waals surface area contributed by atoms with E-state index < -0.39 is 15.4 Å². The zero-order chi connectivity index (χ0) is 20.7. The lowest BCUT2D eigenvalue weighted by atomic mass is 9.94. The molecule has 1 aliphatic heterocycles. The standard InChI is InChI=1S/C20H24N2O5S/c1-12-8-17(26-5)18(9-13(12)2)28(24,25)22-14-6-7-16-15(10-14)21-19(23)20(3,4)11-27-16/h6-10,22H,11H2,1-5H3,(H,21,23). The minimum absolute atomic E-state index is 0.0504. The van der Waals surface area contributed by atoms with E-state index in [1.165, 1.54) is 7.11 Å². The van der Waals surface area contributed by atoms with Gasteiger partial charge in [0.1, 0.15) is 23.0 Å². The summed E-state index contributed by atoms with van der Waals surface area (Å²) >= 11 is 0. The van der Waals surface area contributed by atoms with Gasteiger partial charge in [0.2, 0.25) is 5.91 Å². The van der Waals surface area contributed by atoms with Crippen LogP contribution in [0.25, 0.3) is 0 Å². The predicted molar refractivity (Wildman–Crippen MR) is 108 cm³/mol. The van der Waals surface area contributed by atoms with Gasteiger partial charge < -0.3 is 14.8 Å². The highest BCUT2D eigenvalue weighted by Gasteiger charge is 2.32. The lowest BCUT2D eigenvalue weighted by molar-refractivity contribution is -0.124. The summed E-state index contributed by atoms with van der Waals surface area (Å²) in [5.74, 6) is 0.566. The highest BCUT2D eigenvalue weighted by Crippen LogP contribution is 2.35. The number of amides is 1. The zero-order valence-electron chi connectivity index (χ0n) is 16.5. The first-order chi connectivity index (χ1) is 13.0. The number of sulfonamides is 1. The van der Waals surface area contributed by atoms with E-state index in [0.29, 0.717) is 17.1 Å². The Balaban J connectivity index is 1.95. The van der Waals surface area contributed by atoms with E-state index in [1.54, 1.807) is 44.2 Å². The van der Waals surface area contributed by atoms with Gasteiger partial charge in [0.15, 0.2) is 0 Å². The van der Waals surface area contributed by atoms with Gasteiger partial charge in [-0.15, -0.1) is 0 Å². The molecule has 0 bridgehead atoms. The maximum absolute atomic E-state index is 12.9. The molecule has 7 nitrogen and oxygen atoms in total. The van der Waals surface area contributed by atoms with Crippen molar-refractivity contribution in [3.8, 4) is 11.5 Å². The third-order valence-corrected chi connectivity index (χ3v) is 6.16. The Hall–Kier alpha value is -2.74. The Morgan fingerprint density at radius 3 is 2.50 bits per heavy atom. The third kappa shape index (κ3) is 3.77. The van der Waals surface area contributed by atoms with E-state index in [-0.39, 0.29) is 23.2 Å². The van der Waals surface area contributed by atoms with Crippen LogP contribution in [0.4, 0.5) is 11.4 Å². The molecule has 0 saturated heterocycles. The van der Waals surface area contributed by atoms with Gasteiger partial charge in [-0.05, 0) is 69.2 Å². The molecule has 0 atom stereocenters. The van der Waals surface area contributed by atoms with Crippen molar-refractivity contribution in [3.05, 3.63) is 41.5 Å². The molecule has 0 fully saturated rings. The van der Waals surface area contributed by atoms with E-state index in [4.69, 9.17) is 9.47 Å². The number of carbonyl (C=O) groups excluding carboxylic acids is 1. The number of carbonyl (C=O) groups is 1. The predicted octanol–water partition coefficient (Wildman–Crippen LogP) is 3.47. The quantitative estimate of drug-likeness (QED) is 0.814. The van der Waals surface area contributed by atoms with Crippen LogP contribution < -0.4 is 19.5 Å². The molecule has 3 rings (SSSR count). The fraction of sp³-hybridized carbons (Fsp3) is 0.350. The molecule has 1 aliphatic rings. The van der Waals surface area contributed by atoms with Gasteiger partial charge in [-0.25, -0.2) is 8.42 Å². The lowest BCUT2D eigenvalue weighted by Crippen LogP contribution is -2.33. The molecular formula is C20H24N2O5S. The summed E-state index contributed by atoms with van der Waals surface area (Å²) in [5, 5.41) is 2.79. The maximum atomic E-state index is 12.9. The molecule has 2 aromatic rings. The highest BCUT2D eigenvalue weighted by atomic mass is 32.2. The molecule has 28 heavy (non-hydrogen) atoms. The normalized spacial score (nSPS) is 15.7. The molecule has 8 heteroatoms. The first-order valence-corrected chi connectivity index (χ1v) is 10.3. The molecule has 2 aromatic carbocycles. The Kier molecular flexibility index (Phi) is 5.01. The van der Waals surface area contributed by atoms with Gasteiger partial charge in [-0.1, -0.05) is 0 Å². The molecule has 150 valence electrons. The van der Waals surface area contributed by atoms with Gasteiger partial charge in [-0.3, -0.25) is 9.52 Å². The van der Waals surface area contributed by atoms with Crippen molar-refractivity contribution in [1.82, 2.24) is 0 Å². The number of hydrogen-bond donors (Lipinski definition) is 2. The van der Waals surface area contributed by atoms with Gasteiger partial charge >= 0.3 is 0 Å². The summed E-state index contributed by atoms with van der Waals surface area (Å²) < 4.78 is 39.4. The number of methoxy groups -OCH3 is 1. The number of fused-ring (bicyclic) bond motifs is 1. The first-order valence-electron chi connectivity index (χ1n) is 8.80. The maximum Gasteiger partial charge on any atom is 0.265 e. The molecule has 0 spiro atoms.